The van der Waals surface area contributed by atoms with Gasteiger partial charge in [0.2, 0.25) is 17.4 Å². The fourth-order valence-electron chi connectivity index (χ4n) is 4.66. The lowest BCUT2D eigenvalue weighted by atomic mass is 9.78. The number of methoxy groups -OCH3 is 3. The molecule has 1 aliphatic heterocycles. The predicted molar refractivity (Wildman–Crippen MR) is 126 cm³/mol. The Morgan fingerprint density at radius 2 is 1.68 bits per heavy atom. The Hall–Kier alpha value is -3.72. The Bertz CT molecular complexity index is 1270. The first-order chi connectivity index (χ1) is 16.5. The van der Waals surface area contributed by atoms with Gasteiger partial charge in [-0.3, -0.25) is 4.79 Å². The van der Waals surface area contributed by atoms with Gasteiger partial charge in [-0.25, -0.2) is 4.63 Å². The SMILES string of the molecule is COc1ccc([C@@H]2Nc3nonc3NC3=C2C(=O)C[C@H](c2ccc(Cl)cc2)C3)c(OC)c1OC. The first kappa shape index (κ1) is 22.1. The van der Waals surface area contributed by atoms with Crippen LogP contribution in [0.4, 0.5) is 11.6 Å². The Kier molecular flexibility index (Phi) is 5.79. The third-order valence-corrected chi connectivity index (χ3v) is 6.47. The summed E-state index contributed by atoms with van der Waals surface area (Å²) in [5.74, 6) is 2.22. The number of carbonyl (C=O) groups excluding carboxylic acids is 1. The maximum Gasteiger partial charge on any atom is 0.219 e. The molecule has 0 amide bonds. The van der Waals surface area contributed by atoms with Gasteiger partial charge in [-0.2, -0.15) is 0 Å². The van der Waals surface area contributed by atoms with Crippen LogP contribution in [-0.4, -0.2) is 37.4 Å². The zero-order valence-corrected chi connectivity index (χ0v) is 19.6. The van der Waals surface area contributed by atoms with E-state index >= 15 is 0 Å². The van der Waals surface area contributed by atoms with Gasteiger partial charge in [-0.1, -0.05) is 23.7 Å². The molecular formula is C24H23ClN4O5. The quantitative estimate of drug-likeness (QED) is 0.533. The largest absolute Gasteiger partial charge is 0.493 e. The van der Waals surface area contributed by atoms with Crippen LogP contribution in [0.15, 0.2) is 52.3 Å². The first-order valence-corrected chi connectivity index (χ1v) is 11.1. The van der Waals surface area contributed by atoms with Gasteiger partial charge in [-0.05, 0) is 52.5 Å². The molecular weight excluding hydrogens is 460 g/mol. The molecule has 0 fully saturated rings. The van der Waals surface area contributed by atoms with E-state index in [0.717, 1.165) is 11.3 Å². The monoisotopic (exact) mass is 482 g/mol. The molecule has 0 saturated heterocycles. The smallest absolute Gasteiger partial charge is 0.219 e. The molecule has 3 aromatic rings. The molecule has 0 saturated carbocycles. The molecule has 0 unspecified atom stereocenters. The lowest BCUT2D eigenvalue weighted by molar-refractivity contribution is -0.116. The number of anilines is 2. The molecule has 1 aromatic heterocycles. The van der Waals surface area contributed by atoms with Crippen molar-refractivity contribution in [1.82, 2.24) is 10.3 Å². The summed E-state index contributed by atoms with van der Waals surface area (Å²) >= 11 is 6.06. The van der Waals surface area contributed by atoms with Crippen LogP contribution in [-0.2, 0) is 4.79 Å². The van der Waals surface area contributed by atoms with E-state index in [2.05, 4.69) is 20.9 Å². The van der Waals surface area contributed by atoms with Gasteiger partial charge < -0.3 is 24.8 Å². The maximum atomic E-state index is 13.6. The van der Waals surface area contributed by atoms with Crippen molar-refractivity contribution in [1.29, 1.82) is 0 Å². The second-order valence-electron chi connectivity index (χ2n) is 8.06. The molecule has 0 bridgehead atoms. The van der Waals surface area contributed by atoms with E-state index in [0.29, 0.717) is 57.9 Å². The minimum Gasteiger partial charge on any atom is -0.493 e. The van der Waals surface area contributed by atoms with E-state index in [-0.39, 0.29) is 11.7 Å². The number of Topliss-reactive ketones (excluding diaryl/α,β-unsaturated/α-hetero) is 1. The average molecular weight is 483 g/mol. The highest BCUT2D eigenvalue weighted by atomic mass is 35.5. The van der Waals surface area contributed by atoms with E-state index in [9.17, 15) is 4.79 Å². The normalized spacial score (nSPS) is 19.4. The van der Waals surface area contributed by atoms with E-state index < -0.39 is 6.04 Å². The number of hydrogen-bond donors (Lipinski definition) is 2. The topological polar surface area (TPSA) is 108 Å². The second-order valence-corrected chi connectivity index (χ2v) is 8.50. The van der Waals surface area contributed by atoms with E-state index in [1.165, 1.54) is 0 Å². The lowest BCUT2D eigenvalue weighted by Gasteiger charge is -2.30. The molecule has 10 heteroatoms. The van der Waals surface area contributed by atoms with Crippen LogP contribution in [0.2, 0.25) is 5.02 Å². The van der Waals surface area contributed by atoms with E-state index in [1.54, 1.807) is 27.4 Å². The summed E-state index contributed by atoms with van der Waals surface area (Å²) in [7, 11) is 4.65. The van der Waals surface area contributed by atoms with Gasteiger partial charge in [-0.15, -0.1) is 0 Å². The number of rotatable bonds is 5. The molecule has 5 rings (SSSR count). The number of carbonyl (C=O) groups is 1. The second kappa shape index (κ2) is 8.90. The van der Waals surface area contributed by atoms with Gasteiger partial charge in [0.25, 0.3) is 0 Å². The Labute approximate surface area is 201 Å². The minimum atomic E-state index is -0.580. The summed E-state index contributed by atoms with van der Waals surface area (Å²) in [6.07, 6.45) is 0.953. The number of halogens is 1. The van der Waals surface area contributed by atoms with Gasteiger partial charge in [0.05, 0.1) is 27.4 Å². The number of allylic oxidation sites excluding steroid dienone is 1. The number of aromatic nitrogens is 2. The van der Waals surface area contributed by atoms with Gasteiger partial charge in [0.1, 0.15) is 0 Å². The third kappa shape index (κ3) is 3.71. The summed E-state index contributed by atoms with van der Waals surface area (Å²) in [4.78, 5) is 13.6. The van der Waals surface area contributed by atoms with Gasteiger partial charge >= 0.3 is 0 Å². The van der Waals surface area contributed by atoms with E-state index in [4.69, 9.17) is 30.4 Å². The fraction of sp³-hybridized carbons (Fsp3) is 0.292. The molecule has 2 heterocycles. The molecule has 2 N–H and O–H groups in total. The molecule has 0 spiro atoms. The molecule has 2 aliphatic rings. The number of benzene rings is 2. The highest BCUT2D eigenvalue weighted by molar-refractivity contribution is 6.30. The van der Waals surface area contributed by atoms with E-state index in [1.807, 2.05) is 30.3 Å². The van der Waals surface area contributed by atoms with Crippen LogP contribution in [0.3, 0.4) is 0 Å². The van der Waals surface area contributed by atoms with Crippen molar-refractivity contribution in [2.75, 3.05) is 32.0 Å². The first-order valence-electron chi connectivity index (χ1n) is 10.7. The molecule has 2 aromatic carbocycles. The summed E-state index contributed by atoms with van der Waals surface area (Å²) in [5.41, 5.74) is 3.08. The molecule has 1 aliphatic carbocycles. The van der Waals surface area contributed by atoms with Crippen molar-refractivity contribution >= 4 is 29.0 Å². The molecule has 176 valence electrons. The van der Waals surface area contributed by atoms with Crippen LogP contribution in [0, 0.1) is 0 Å². The van der Waals surface area contributed by atoms with Crippen molar-refractivity contribution in [2.45, 2.75) is 24.8 Å². The zero-order valence-electron chi connectivity index (χ0n) is 18.8. The Morgan fingerprint density at radius 3 is 2.38 bits per heavy atom. The van der Waals surface area contributed by atoms with Crippen LogP contribution >= 0.6 is 11.6 Å². The van der Waals surface area contributed by atoms with Crippen molar-refractivity contribution in [3.8, 4) is 17.2 Å². The number of ether oxygens (including phenoxy) is 3. The molecule has 0 radical (unpaired) electrons. The Morgan fingerprint density at radius 1 is 0.941 bits per heavy atom. The summed E-state index contributed by atoms with van der Waals surface area (Å²) in [5, 5.41) is 15.2. The predicted octanol–water partition coefficient (Wildman–Crippen LogP) is 4.73. The standard InChI is InChI=1S/C24H23ClN4O5/c1-31-18-9-8-15(21(32-2)22(18)33-3)20-19-16(26-23-24(27-20)29-34-28-23)10-13(11-17(19)30)12-4-6-14(25)7-5-12/h4-9,13,20H,10-11H2,1-3H3,(H,26,28)(H,27,29)/t13-,20+/m1/s1. The number of fused-ring (bicyclic) bond motifs is 1. The lowest BCUT2D eigenvalue weighted by Crippen LogP contribution is -2.27. The third-order valence-electron chi connectivity index (χ3n) is 6.22. The summed E-state index contributed by atoms with van der Waals surface area (Å²) in [6.45, 7) is 0. The number of nitrogens with one attached hydrogen (secondary N) is 2. The molecule has 2 atom stereocenters. The number of nitrogens with zero attached hydrogens (tertiary/aromatic N) is 2. The van der Waals surface area contributed by atoms with Crippen LogP contribution < -0.4 is 24.8 Å². The van der Waals surface area contributed by atoms with Crippen LogP contribution in [0.25, 0.3) is 0 Å². The zero-order chi connectivity index (χ0) is 23.8. The van der Waals surface area contributed by atoms with Crippen molar-refractivity contribution in [3.05, 3.63) is 63.8 Å². The summed E-state index contributed by atoms with van der Waals surface area (Å²) in [6, 6.07) is 10.6. The highest BCUT2D eigenvalue weighted by Gasteiger charge is 2.39. The molecule has 34 heavy (non-hydrogen) atoms. The van der Waals surface area contributed by atoms with Crippen molar-refractivity contribution in [2.24, 2.45) is 0 Å². The highest BCUT2D eigenvalue weighted by Crippen LogP contribution is 2.48. The van der Waals surface area contributed by atoms with Gasteiger partial charge in [0.15, 0.2) is 17.3 Å². The summed E-state index contributed by atoms with van der Waals surface area (Å²) < 4.78 is 21.7. The van der Waals surface area contributed by atoms with Gasteiger partial charge in [0, 0.05) is 28.3 Å². The number of hydrogen-bond acceptors (Lipinski definition) is 9. The Balaban J connectivity index is 1.64. The van der Waals surface area contributed by atoms with Crippen molar-refractivity contribution < 1.29 is 23.6 Å². The fourth-order valence-corrected chi connectivity index (χ4v) is 4.78. The van der Waals surface area contributed by atoms with Crippen molar-refractivity contribution in [3.63, 3.8) is 0 Å². The maximum absolute atomic E-state index is 13.6. The van der Waals surface area contributed by atoms with Crippen LogP contribution in [0.5, 0.6) is 17.2 Å². The van der Waals surface area contributed by atoms with Crippen LogP contribution in [0.1, 0.15) is 35.9 Å². The minimum absolute atomic E-state index is 0.00475. The number of ketones is 1. The average Bonchev–Trinajstić information content (AvgIpc) is 3.22. The molecule has 9 nitrogen and oxygen atoms in total.